The molecule has 0 fully saturated rings. The summed E-state index contributed by atoms with van der Waals surface area (Å²) in [5, 5.41) is 2.82. The molecule has 0 radical (unpaired) electrons. The number of aryl methyl sites for hydroxylation is 2. The SMILES string of the molecule is CCCC[C@@H](NS(=O)(=O)c1ccc(C)cc1)C(=O)Nc1ccc(CC)cc1. The van der Waals surface area contributed by atoms with E-state index in [1.54, 1.807) is 24.3 Å². The summed E-state index contributed by atoms with van der Waals surface area (Å²) >= 11 is 0. The van der Waals surface area contributed by atoms with Gasteiger partial charge in [0.05, 0.1) is 4.90 Å². The van der Waals surface area contributed by atoms with Gasteiger partial charge in [-0.15, -0.1) is 0 Å². The van der Waals surface area contributed by atoms with Crippen molar-refractivity contribution in [3.63, 3.8) is 0 Å². The zero-order chi connectivity index (χ0) is 19.9. The van der Waals surface area contributed by atoms with Crippen LogP contribution >= 0.6 is 0 Å². The molecule has 27 heavy (non-hydrogen) atoms. The third-order valence-electron chi connectivity index (χ3n) is 4.42. The smallest absolute Gasteiger partial charge is 0.242 e. The molecule has 0 aliphatic rings. The van der Waals surface area contributed by atoms with Crippen LogP contribution in [0.25, 0.3) is 0 Å². The van der Waals surface area contributed by atoms with Gasteiger partial charge in [-0.2, -0.15) is 4.72 Å². The molecule has 0 aliphatic carbocycles. The molecule has 0 unspecified atom stereocenters. The lowest BCUT2D eigenvalue weighted by molar-refractivity contribution is -0.117. The number of hydrogen-bond donors (Lipinski definition) is 2. The molecule has 2 N–H and O–H groups in total. The highest BCUT2D eigenvalue weighted by Crippen LogP contribution is 2.15. The number of carbonyl (C=O) groups is 1. The maximum Gasteiger partial charge on any atom is 0.242 e. The molecule has 0 bridgehead atoms. The standard InChI is InChI=1S/C21H28N2O3S/c1-4-6-7-20(21(24)22-18-12-10-17(5-2)11-13-18)23-27(25,26)19-14-8-16(3)9-15-19/h8-15,20,23H,4-7H2,1-3H3,(H,22,24)/t20-/m1/s1. The van der Waals surface area contributed by atoms with Crippen LogP contribution in [-0.4, -0.2) is 20.4 Å². The fourth-order valence-corrected chi connectivity index (χ4v) is 3.91. The Morgan fingerprint density at radius 3 is 2.19 bits per heavy atom. The summed E-state index contributed by atoms with van der Waals surface area (Å²) in [5.41, 5.74) is 2.81. The summed E-state index contributed by atoms with van der Waals surface area (Å²) in [6, 6.07) is 13.3. The van der Waals surface area contributed by atoms with Crippen LogP contribution < -0.4 is 10.0 Å². The van der Waals surface area contributed by atoms with Gasteiger partial charge in [0.2, 0.25) is 15.9 Å². The summed E-state index contributed by atoms with van der Waals surface area (Å²) in [6.07, 6.45) is 2.99. The van der Waals surface area contributed by atoms with Gasteiger partial charge in [0.15, 0.2) is 0 Å². The van der Waals surface area contributed by atoms with Gasteiger partial charge in [0, 0.05) is 5.69 Å². The van der Waals surface area contributed by atoms with E-state index in [4.69, 9.17) is 0 Å². The van der Waals surface area contributed by atoms with E-state index in [0.717, 1.165) is 24.8 Å². The molecule has 0 saturated heterocycles. The Labute approximate surface area is 162 Å². The molecule has 1 atom stereocenters. The first-order chi connectivity index (χ1) is 12.9. The number of carbonyl (C=O) groups excluding carboxylic acids is 1. The predicted molar refractivity (Wildman–Crippen MR) is 109 cm³/mol. The number of amides is 1. The minimum atomic E-state index is -3.77. The molecule has 1 amide bonds. The highest BCUT2D eigenvalue weighted by Gasteiger charge is 2.25. The maximum absolute atomic E-state index is 12.7. The number of sulfonamides is 1. The number of unbranched alkanes of at least 4 members (excludes halogenated alkanes) is 1. The second-order valence-corrected chi connectivity index (χ2v) is 8.38. The van der Waals surface area contributed by atoms with Gasteiger partial charge >= 0.3 is 0 Å². The van der Waals surface area contributed by atoms with Gasteiger partial charge in [-0.25, -0.2) is 8.42 Å². The van der Waals surface area contributed by atoms with Crippen molar-refractivity contribution in [1.82, 2.24) is 4.72 Å². The molecule has 0 saturated carbocycles. The molecule has 0 aromatic heterocycles. The highest BCUT2D eigenvalue weighted by molar-refractivity contribution is 7.89. The first-order valence-corrected chi connectivity index (χ1v) is 10.8. The number of rotatable bonds is 9. The molecule has 2 rings (SSSR count). The van der Waals surface area contributed by atoms with Crippen molar-refractivity contribution in [3.05, 3.63) is 59.7 Å². The van der Waals surface area contributed by atoms with Gasteiger partial charge in [-0.1, -0.05) is 56.5 Å². The Bertz CT molecular complexity index is 844. The van der Waals surface area contributed by atoms with E-state index in [1.807, 2.05) is 38.1 Å². The minimum absolute atomic E-state index is 0.162. The molecule has 2 aromatic rings. The number of nitrogens with one attached hydrogen (secondary N) is 2. The lowest BCUT2D eigenvalue weighted by Gasteiger charge is -2.18. The zero-order valence-electron chi connectivity index (χ0n) is 16.2. The van der Waals surface area contributed by atoms with E-state index in [-0.39, 0.29) is 10.8 Å². The molecule has 6 heteroatoms. The molecular formula is C21H28N2O3S. The second-order valence-electron chi connectivity index (χ2n) is 6.67. The molecular weight excluding hydrogens is 360 g/mol. The minimum Gasteiger partial charge on any atom is -0.325 e. The summed E-state index contributed by atoms with van der Waals surface area (Å²) in [5.74, 6) is -0.344. The summed E-state index contributed by atoms with van der Waals surface area (Å²) in [4.78, 5) is 12.9. The predicted octanol–water partition coefficient (Wildman–Crippen LogP) is 4.03. The van der Waals surface area contributed by atoms with Gasteiger partial charge in [-0.05, 0) is 49.6 Å². The van der Waals surface area contributed by atoms with Crippen molar-refractivity contribution in [3.8, 4) is 0 Å². The Morgan fingerprint density at radius 1 is 1.00 bits per heavy atom. The number of benzene rings is 2. The number of hydrogen-bond acceptors (Lipinski definition) is 3. The highest BCUT2D eigenvalue weighted by atomic mass is 32.2. The van der Waals surface area contributed by atoms with Crippen LogP contribution in [0.2, 0.25) is 0 Å². The van der Waals surface area contributed by atoms with Crippen molar-refractivity contribution in [2.24, 2.45) is 0 Å². The zero-order valence-corrected chi connectivity index (χ0v) is 17.0. The van der Waals surface area contributed by atoms with E-state index in [0.29, 0.717) is 12.1 Å². The molecule has 0 heterocycles. The lowest BCUT2D eigenvalue weighted by atomic mass is 10.1. The van der Waals surface area contributed by atoms with Gasteiger partial charge in [0.1, 0.15) is 6.04 Å². The Hall–Kier alpha value is -2.18. The van der Waals surface area contributed by atoms with Gasteiger partial charge in [-0.3, -0.25) is 4.79 Å². The van der Waals surface area contributed by atoms with E-state index in [2.05, 4.69) is 17.0 Å². The summed E-state index contributed by atoms with van der Waals surface area (Å²) in [7, 11) is -3.77. The van der Waals surface area contributed by atoms with Gasteiger partial charge < -0.3 is 5.32 Å². The van der Waals surface area contributed by atoms with Crippen LogP contribution in [0.5, 0.6) is 0 Å². The summed E-state index contributed by atoms with van der Waals surface area (Å²) in [6.45, 7) is 5.96. The molecule has 0 aliphatic heterocycles. The molecule has 146 valence electrons. The molecule has 2 aromatic carbocycles. The van der Waals surface area contributed by atoms with E-state index < -0.39 is 16.1 Å². The monoisotopic (exact) mass is 388 g/mol. The van der Waals surface area contributed by atoms with Gasteiger partial charge in [0.25, 0.3) is 0 Å². The van der Waals surface area contributed by atoms with Crippen molar-refractivity contribution in [1.29, 1.82) is 0 Å². The van der Waals surface area contributed by atoms with Crippen molar-refractivity contribution in [2.75, 3.05) is 5.32 Å². The van der Waals surface area contributed by atoms with Crippen molar-refractivity contribution >= 4 is 21.6 Å². The fraction of sp³-hybridized carbons (Fsp3) is 0.381. The van der Waals surface area contributed by atoms with Crippen LogP contribution in [0.15, 0.2) is 53.4 Å². The van der Waals surface area contributed by atoms with Crippen LogP contribution in [-0.2, 0) is 21.2 Å². The average molecular weight is 389 g/mol. The van der Waals surface area contributed by atoms with Crippen molar-refractivity contribution < 1.29 is 13.2 Å². The Morgan fingerprint density at radius 2 is 1.63 bits per heavy atom. The third kappa shape index (κ3) is 6.19. The second kappa shape index (κ2) is 9.67. The van der Waals surface area contributed by atoms with E-state index in [1.165, 1.54) is 5.56 Å². The van der Waals surface area contributed by atoms with E-state index in [9.17, 15) is 13.2 Å². The fourth-order valence-electron chi connectivity index (χ4n) is 2.68. The molecule has 5 nitrogen and oxygen atoms in total. The van der Waals surface area contributed by atoms with E-state index >= 15 is 0 Å². The largest absolute Gasteiger partial charge is 0.325 e. The van der Waals surface area contributed by atoms with Crippen LogP contribution in [0.1, 0.15) is 44.2 Å². The third-order valence-corrected chi connectivity index (χ3v) is 5.91. The average Bonchev–Trinajstić information content (AvgIpc) is 2.66. The lowest BCUT2D eigenvalue weighted by Crippen LogP contribution is -2.43. The molecule has 0 spiro atoms. The Kier molecular flexibility index (Phi) is 7.56. The first kappa shape index (κ1) is 21.1. The maximum atomic E-state index is 12.7. The number of anilines is 1. The Balaban J connectivity index is 2.14. The first-order valence-electron chi connectivity index (χ1n) is 9.34. The van der Waals surface area contributed by atoms with Crippen LogP contribution in [0.4, 0.5) is 5.69 Å². The summed E-state index contributed by atoms with van der Waals surface area (Å²) < 4.78 is 27.9. The van der Waals surface area contributed by atoms with Crippen molar-refractivity contribution in [2.45, 2.75) is 57.4 Å². The van der Waals surface area contributed by atoms with Crippen LogP contribution in [0, 0.1) is 6.92 Å². The topological polar surface area (TPSA) is 75.3 Å². The normalized spacial score (nSPS) is 12.6. The quantitative estimate of drug-likeness (QED) is 0.681. The van der Waals surface area contributed by atoms with Crippen LogP contribution in [0.3, 0.4) is 0 Å².